The molecule has 35 heavy (non-hydrogen) atoms. The van der Waals surface area contributed by atoms with E-state index in [1.54, 1.807) is 13.8 Å². The summed E-state index contributed by atoms with van der Waals surface area (Å²) < 4.78 is 52.4. The summed E-state index contributed by atoms with van der Waals surface area (Å²) in [4.78, 5) is 34.5. The van der Waals surface area contributed by atoms with Crippen LogP contribution in [0.3, 0.4) is 0 Å². The standard InChI is InChI=1S/C21H19FN4O8S/c1-11-8-15(12(2)34-11)20(27)23-24-21(28)16-10-14(5-6-17(16)22)35(31,32)25-18-9-13(26(29)30)4-7-19(18)33-3/h4-10,25H,1-3H3,(H,23,27)(H,24,28). The zero-order valence-electron chi connectivity index (χ0n) is 18.5. The quantitative estimate of drug-likeness (QED) is 0.324. The number of hydrogen-bond donors (Lipinski definition) is 3. The third kappa shape index (κ3) is 5.55. The van der Waals surface area contributed by atoms with Gasteiger partial charge in [-0.25, -0.2) is 12.8 Å². The number of nitrogens with one attached hydrogen (secondary N) is 3. The van der Waals surface area contributed by atoms with Crippen molar-refractivity contribution in [3.8, 4) is 5.75 Å². The first-order valence-corrected chi connectivity index (χ1v) is 11.2. The Hall–Kier alpha value is -4.46. The van der Waals surface area contributed by atoms with Crippen LogP contribution in [0.4, 0.5) is 15.8 Å². The zero-order valence-corrected chi connectivity index (χ0v) is 19.4. The summed E-state index contributed by atoms with van der Waals surface area (Å²) in [5.74, 6) is -2.15. The van der Waals surface area contributed by atoms with Gasteiger partial charge in [-0.05, 0) is 44.2 Å². The molecule has 0 aliphatic rings. The number of amides is 2. The summed E-state index contributed by atoms with van der Waals surface area (Å²) in [6.07, 6.45) is 0. The van der Waals surface area contributed by atoms with Gasteiger partial charge in [0, 0.05) is 12.1 Å². The molecule has 3 rings (SSSR count). The number of halogens is 1. The summed E-state index contributed by atoms with van der Waals surface area (Å²) in [6, 6.07) is 7.11. The van der Waals surface area contributed by atoms with Gasteiger partial charge in [0.25, 0.3) is 27.5 Å². The lowest BCUT2D eigenvalue weighted by Crippen LogP contribution is -2.42. The third-order valence-corrected chi connectivity index (χ3v) is 6.07. The van der Waals surface area contributed by atoms with Crippen LogP contribution in [0.15, 0.2) is 51.8 Å². The Morgan fingerprint density at radius 2 is 1.69 bits per heavy atom. The van der Waals surface area contributed by atoms with Crippen molar-refractivity contribution in [3.63, 3.8) is 0 Å². The number of rotatable bonds is 7. The molecule has 0 bridgehead atoms. The van der Waals surface area contributed by atoms with E-state index in [1.165, 1.54) is 19.2 Å². The lowest BCUT2D eigenvalue weighted by Gasteiger charge is -2.13. The van der Waals surface area contributed by atoms with E-state index in [2.05, 4.69) is 10.1 Å². The summed E-state index contributed by atoms with van der Waals surface area (Å²) >= 11 is 0. The Bertz CT molecular complexity index is 1440. The average Bonchev–Trinajstić information content (AvgIpc) is 3.14. The van der Waals surface area contributed by atoms with Crippen molar-refractivity contribution in [1.82, 2.24) is 10.9 Å². The number of non-ortho nitro benzene ring substituents is 1. The van der Waals surface area contributed by atoms with Gasteiger partial charge in [0.2, 0.25) is 0 Å². The Morgan fingerprint density at radius 1 is 1.03 bits per heavy atom. The first-order valence-electron chi connectivity index (χ1n) is 9.75. The van der Waals surface area contributed by atoms with Crippen LogP contribution in [0.25, 0.3) is 0 Å². The van der Waals surface area contributed by atoms with E-state index < -0.39 is 48.7 Å². The van der Waals surface area contributed by atoms with Crippen molar-refractivity contribution in [2.45, 2.75) is 18.7 Å². The molecule has 0 aliphatic heterocycles. The highest BCUT2D eigenvalue weighted by Crippen LogP contribution is 2.31. The van der Waals surface area contributed by atoms with Gasteiger partial charge in [0.15, 0.2) is 0 Å². The highest BCUT2D eigenvalue weighted by atomic mass is 32.2. The highest BCUT2D eigenvalue weighted by Gasteiger charge is 2.23. The lowest BCUT2D eigenvalue weighted by atomic mass is 10.2. The van der Waals surface area contributed by atoms with Gasteiger partial charge in [-0.1, -0.05) is 0 Å². The number of furan rings is 1. The molecule has 0 atom stereocenters. The molecule has 0 saturated heterocycles. The molecule has 14 heteroatoms. The summed E-state index contributed by atoms with van der Waals surface area (Å²) in [5.41, 5.74) is 2.93. The van der Waals surface area contributed by atoms with E-state index in [-0.39, 0.29) is 17.0 Å². The van der Waals surface area contributed by atoms with E-state index in [4.69, 9.17) is 9.15 Å². The van der Waals surface area contributed by atoms with Gasteiger partial charge in [-0.3, -0.25) is 35.3 Å². The maximum absolute atomic E-state index is 14.3. The SMILES string of the molecule is COc1ccc([N+](=O)[O-])cc1NS(=O)(=O)c1ccc(F)c(C(=O)NNC(=O)c2cc(C)oc2C)c1. The molecule has 0 fully saturated rings. The second kappa shape index (κ2) is 9.80. The number of hydrazine groups is 1. The zero-order chi connectivity index (χ0) is 25.9. The van der Waals surface area contributed by atoms with Crippen LogP contribution in [0.5, 0.6) is 5.75 Å². The molecule has 184 valence electrons. The van der Waals surface area contributed by atoms with E-state index in [1.807, 2.05) is 5.43 Å². The van der Waals surface area contributed by atoms with Crippen LogP contribution < -0.4 is 20.3 Å². The Morgan fingerprint density at radius 3 is 2.26 bits per heavy atom. The number of hydrogen-bond acceptors (Lipinski definition) is 8. The topological polar surface area (TPSA) is 170 Å². The molecule has 3 N–H and O–H groups in total. The second-order valence-electron chi connectivity index (χ2n) is 7.12. The minimum Gasteiger partial charge on any atom is -0.495 e. The van der Waals surface area contributed by atoms with Crippen LogP contribution in [-0.4, -0.2) is 32.3 Å². The average molecular weight is 506 g/mol. The predicted molar refractivity (Wildman–Crippen MR) is 120 cm³/mol. The van der Waals surface area contributed by atoms with E-state index in [0.717, 1.165) is 30.3 Å². The number of nitrogens with zero attached hydrogens (tertiary/aromatic N) is 1. The van der Waals surface area contributed by atoms with E-state index in [9.17, 15) is 32.5 Å². The van der Waals surface area contributed by atoms with Crippen molar-refractivity contribution in [3.05, 3.63) is 81.0 Å². The number of sulfonamides is 1. The molecule has 0 unspecified atom stereocenters. The second-order valence-corrected chi connectivity index (χ2v) is 8.81. The number of carbonyl (C=O) groups excluding carboxylic acids is 2. The van der Waals surface area contributed by atoms with Crippen LogP contribution in [-0.2, 0) is 10.0 Å². The number of ether oxygens (including phenoxy) is 1. The predicted octanol–water partition coefficient (Wildman–Crippen LogP) is 2.83. The fourth-order valence-electron chi connectivity index (χ4n) is 3.04. The highest BCUT2D eigenvalue weighted by molar-refractivity contribution is 7.92. The first kappa shape index (κ1) is 25.2. The third-order valence-electron chi connectivity index (χ3n) is 4.71. The number of aryl methyl sites for hydroxylation is 2. The number of carbonyl (C=O) groups is 2. The van der Waals surface area contributed by atoms with Crippen molar-refractivity contribution >= 4 is 33.2 Å². The largest absolute Gasteiger partial charge is 0.495 e. The normalized spacial score (nSPS) is 11.0. The number of nitro groups is 1. The lowest BCUT2D eigenvalue weighted by molar-refractivity contribution is -0.384. The summed E-state index contributed by atoms with van der Waals surface area (Å²) in [5, 5.41) is 11.0. The molecule has 1 aromatic heterocycles. The van der Waals surface area contributed by atoms with Gasteiger partial charge in [-0.15, -0.1) is 0 Å². The maximum atomic E-state index is 14.3. The van der Waals surface area contributed by atoms with Crippen LogP contribution in [0.1, 0.15) is 32.2 Å². The molecular formula is C21H19FN4O8S. The molecule has 0 radical (unpaired) electrons. The van der Waals surface area contributed by atoms with Crippen molar-refractivity contribution in [1.29, 1.82) is 0 Å². The number of anilines is 1. The van der Waals surface area contributed by atoms with Crippen molar-refractivity contribution < 1.29 is 36.5 Å². The number of methoxy groups -OCH3 is 1. The number of benzene rings is 2. The molecule has 0 spiro atoms. The minimum atomic E-state index is -4.44. The Balaban J connectivity index is 1.83. The van der Waals surface area contributed by atoms with Crippen LogP contribution in [0, 0.1) is 29.8 Å². The molecule has 0 aliphatic carbocycles. The fraction of sp³-hybridized carbons (Fsp3) is 0.143. The monoisotopic (exact) mass is 506 g/mol. The number of nitro benzene ring substituents is 1. The van der Waals surface area contributed by atoms with Gasteiger partial charge in [0.1, 0.15) is 23.1 Å². The van der Waals surface area contributed by atoms with E-state index >= 15 is 0 Å². The molecule has 3 aromatic rings. The molecule has 2 aromatic carbocycles. The van der Waals surface area contributed by atoms with Crippen LogP contribution in [0.2, 0.25) is 0 Å². The molecule has 2 amide bonds. The fourth-order valence-corrected chi connectivity index (χ4v) is 4.13. The smallest absolute Gasteiger partial charge is 0.273 e. The Kier molecular flexibility index (Phi) is 7.05. The van der Waals surface area contributed by atoms with Gasteiger partial charge < -0.3 is 9.15 Å². The van der Waals surface area contributed by atoms with Gasteiger partial charge >= 0.3 is 0 Å². The summed E-state index contributed by atoms with van der Waals surface area (Å²) in [6.45, 7) is 3.17. The molecule has 12 nitrogen and oxygen atoms in total. The molecule has 0 saturated carbocycles. The van der Waals surface area contributed by atoms with Gasteiger partial charge in [0.05, 0.1) is 33.7 Å². The van der Waals surface area contributed by atoms with Gasteiger partial charge in [-0.2, -0.15) is 0 Å². The maximum Gasteiger partial charge on any atom is 0.273 e. The van der Waals surface area contributed by atoms with Crippen molar-refractivity contribution in [2.75, 3.05) is 11.8 Å². The minimum absolute atomic E-state index is 0.00765. The molecule has 1 heterocycles. The summed E-state index contributed by atoms with van der Waals surface area (Å²) in [7, 11) is -3.20. The molecular weight excluding hydrogens is 487 g/mol. The van der Waals surface area contributed by atoms with Crippen molar-refractivity contribution in [2.24, 2.45) is 0 Å². The first-order chi connectivity index (χ1) is 16.4. The Labute approximate surface area is 198 Å². The van der Waals surface area contributed by atoms with Crippen LogP contribution >= 0.6 is 0 Å². The van der Waals surface area contributed by atoms with E-state index in [0.29, 0.717) is 11.5 Å².